The zero-order valence-corrected chi connectivity index (χ0v) is 30.5. The Hall–Kier alpha value is -4.36. The van der Waals surface area contributed by atoms with Crippen molar-refractivity contribution in [2.75, 3.05) is 18.8 Å². The third-order valence-corrected chi connectivity index (χ3v) is 11.8. The topological polar surface area (TPSA) is 181 Å². The molecular formula is C38H50N6O6S. The summed E-state index contributed by atoms with van der Waals surface area (Å²) in [5, 5.41) is 9.21. The lowest BCUT2D eigenvalue weighted by Crippen LogP contribution is -2.59. The highest BCUT2D eigenvalue weighted by Crippen LogP contribution is 2.40. The molecule has 0 bridgehead atoms. The number of carbonyl (C=O) groups excluding carboxylic acids is 4. The molecule has 5 N–H and O–H groups in total. The second-order valence-corrected chi connectivity index (χ2v) is 17.0. The van der Waals surface area contributed by atoms with E-state index in [1.807, 2.05) is 63.2 Å². The zero-order valence-electron chi connectivity index (χ0n) is 29.6. The molecule has 1 saturated heterocycles. The van der Waals surface area contributed by atoms with Crippen LogP contribution in [-0.4, -0.2) is 77.8 Å². The van der Waals surface area contributed by atoms with Gasteiger partial charge in [-0.05, 0) is 75.5 Å². The van der Waals surface area contributed by atoms with E-state index in [0.717, 1.165) is 36.6 Å². The van der Waals surface area contributed by atoms with Crippen LogP contribution in [0.5, 0.6) is 0 Å². The lowest BCUT2D eigenvalue weighted by Gasteiger charge is -2.45. The van der Waals surface area contributed by atoms with Gasteiger partial charge in [0.25, 0.3) is 5.91 Å². The van der Waals surface area contributed by atoms with Crippen LogP contribution < -0.4 is 21.7 Å². The number of nitrogens with zero attached hydrogens (tertiary/aromatic N) is 2. The molecule has 1 aliphatic heterocycles. The first kappa shape index (κ1) is 37.9. The third kappa shape index (κ3) is 10.4. The fourth-order valence-electron chi connectivity index (χ4n) is 7.33. The molecule has 3 aromatic rings. The molecule has 0 radical (unpaired) electrons. The Kier molecular flexibility index (Phi) is 12.1. The normalized spacial score (nSPS) is 20.8. The van der Waals surface area contributed by atoms with Gasteiger partial charge in [-0.15, -0.1) is 0 Å². The highest BCUT2D eigenvalue weighted by Gasteiger charge is 2.45. The number of sulfonamides is 1. The molecule has 2 aromatic carbocycles. The third-order valence-electron chi connectivity index (χ3n) is 9.75. The second-order valence-electron chi connectivity index (χ2n) is 15.0. The molecule has 5 rings (SSSR count). The van der Waals surface area contributed by atoms with Gasteiger partial charge in [-0.25, -0.2) is 13.4 Å². The maximum absolute atomic E-state index is 14.4. The van der Waals surface area contributed by atoms with Crippen molar-refractivity contribution in [2.45, 2.75) is 83.3 Å². The maximum Gasteiger partial charge on any atom is 0.270 e. The minimum atomic E-state index is -3.99. The van der Waals surface area contributed by atoms with E-state index in [2.05, 4.69) is 20.9 Å². The molecule has 0 unspecified atom stereocenters. The van der Waals surface area contributed by atoms with Crippen molar-refractivity contribution in [2.24, 2.45) is 23.5 Å². The van der Waals surface area contributed by atoms with E-state index in [-0.39, 0.29) is 36.4 Å². The fourth-order valence-corrected chi connectivity index (χ4v) is 9.34. The van der Waals surface area contributed by atoms with Gasteiger partial charge in [-0.2, -0.15) is 4.31 Å². The van der Waals surface area contributed by atoms with E-state index >= 15 is 0 Å². The van der Waals surface area contributed by atoms with Crippen molar-refractivity contribution in [1.82, 2.24) is 25.2 Å². The zero-order chi connectivity index (χ0) is 36.8. The van der Waals surface area contributed by atoms with Gasteiger partial charge in [0, 0.05) is 24.0 Å². The Bertz CT molecular complexity index is 1830. The molecule has 13 heteroatoms. The van der Waals surface area contributed by atoms with Crippen LogP contribution in [0.3, 0.4) is 0 Å². The fraction of sp³-hybridized carbons (Fsp3) is 0.500. The van der Waals surface area contributed by atoms with E-state index in [1.165, 1.54) is 10.4 Å². The van der Waals surface area contributed by atoms with Crippen molar-refractivity contribution in [3.05, 3.63) is 78.0 Å². The summed E-state index contributed by atoms with van der Waals surface area (Å²) in [6.45, 7) is 5.85. The van der Waals surface area contributed by atoms with E-state index in [0.29, 0.717) is 24.3 Å². The number of hydrogen-bond donors (Lipinski definition) is 4. The monoisotopic (exact) mass is 718 g/mol. The van der Waals surface area contributed by atoms with Crippen LogP contribution in [-0.2, 0) is 30.8 Å². The summed E-state index contributed by atoms with van der Waals surface area (Å²) in [6, 6.07) is 17.8. The van der Waals surface area contributed by atoms with Crippen LogP contribution in [0.1, 0.15) is 75.3 Å². The number of piperidine rings is 1. The van der Waals surface area contributed by atoms with Crippen LogP contribution in [0.2, 0.25) is 0 Å². The van der Waals surface area contributed by atoms with Crippen molar-refractivity contribution < 1.29 is 27.6 Å². The molecule has 51 heavy (non-hydrogen) atoms. The first-order chi connectivity index (χ1) is 24.2. The van der Waals surface area contributed by atoms with E-state index in [4.69, 9.17) is 5.73 Å². The summed E-state index contributed by atoms with van der Waals surface area (Å²) in [6.07, 6.45) is 4.37. The van der Waals surface area contributed by atoms with Crippen LogP contribution >= 0.6 is 0 Å². The van der Waals surface area contributed by atoms with Gasteiger partial charge in [0.15, 0.2) is 0 Å². The lowest BCUT2D eigenvalue weighted by molar-refractivity contribution is -0.128. The number of rotatable bonds is 13. The molecule has 12 nitrogen and oxygen atoms in total. The number of nitrogens with two attached hydrogens (primary N) is 1. The summed E-state index contributed by atoms with van der Waals surface area (Å²) >= 11 is 0. The molecule has 1 aromatic heterocycles. The molecule has 0 spiro atoms. The Balaban J connectivity index is 1.34. The van der Waals surface area contributed by atoms with Gasteiger partial charge < -0.3 is 21.7 Å². The number of carbonyl (C=O) groups is 4. The van der Waals surface area contributed by atoms with Gasteiger partial charge in [0.1, 0.15) is 17.8 Å². The quantitative estimate of drug-likeness (QED) is 0.209. The second kappa shape index (κ2) is 16.3. The van der Waals surface area contributed by atoms with Gasteiger partial charge in [-0.3, -0.25) is 19.2 Å². The number of nitrogens with one attached hydrogen (secondary N) is 3. The van der Waals surface area contributed by atoms with Crippen molar-refractivity contribution in [1.29, 1.82) is 0 Å². The average molecular weight is 719 g/mol. The summed E-state index contributed by atoms with van der Waals surface area (Å²) in [5.74, 6) is -2.85. The maximum atomic E-state index is 14.4. The smallest absolute Gasteiger partial charge is 0.270 e. The highest BCUT2D eigenvalue weighted by atomic mass is 32.2. The van der Waals surface area contributed by atoms with Crippen LogP contribution in [0.25, 0.3) is 10.9 Å². The number of pyridine rings is 1. The number of aromatic nitrogens is 1. The van der Waals surface area contributed by atoms with Crippen LogP contribution in [0.4, 0.5) is 0 Å². The molecule has 2 aliphatic rings. The minimum Gasteiger partial charge on any atom is -0.370 e. The van der Waals surface area contributed by atoms with E-state index < -0.39 is 57.7 Å². The number of amides is 4. The summed E-state index contributed by atoms with van der Waals surface area (Å²) in [4.78, 5) is 56.7. The molecule has 5 atom stereocenters. The Labute approximate surface area is 300 Å². The predicted octanol–water partition coefficient (Wildman–Crippen LogP) is 3.31. The Morgan fingerprint density at radius 3 is 2.33 bits per heavy atom. The Morgan fingerprint density at radius 1 is 0.941 bits per heavy atom. The van der Waals surface area contributed by atoms with Crippen LogP contribution in [0.15, 0.2) is 66.7 Å². The number of hydrogen-bond acceptors (Lipinski definition) is 7. The van der Waals surface area contributed by atoms with Gasteiger partial charge in [0.05, 0.1) is 17.7 Å². The van der Waals surface area contributed by atoms with Crippen molar-refractivity contribution in [3.63, 3.8) is 0 Å². The van der Waals surface area contributed by atoms with Gasteiger partial charge >= 0.3 is 0 Å². The highest BCUT2D eigenvalue weighted by molar-refractivity contribution is 7.89. The molecule has 2 heterocycles. The summed E-state index contributed by atoms with van der Waals surface area (Å²) < 4.78 is 30.1. The molecule has 274 valence electrons. The minimum absolute atomic E-state index is 0.0644. The lowest BCUT2D eigenvalue weighted by atomic mass is 9.73. The van der Waals surface area contributed by atoms with E-state index in [1.54, 1.807) is 18.2 Å². The molecular weight excluding hydrogens is 669 g/mol. The number of primary amides is 1. The summed E-state index contributed by atoms with van der Waals surface area (Å²) in [7, 11) is -3.99. The van der Waals surface area contributed by atoms with Gasteiger partial charge in [-0.1, -0.05) is 73.9 Å². The van der Waals surface area contributed by atoms with Gasteiger partial charge in [0.2, 0.25) is 27.7 Å². The van der Waals surface area contributed by atoms with Crippen molar-refractivity contribution in [3.8, 4) is 0 Å². The molecule has 1 saturated carbocycles. The average Bonchev–Trinajstić information content (AvgIpc) is 3.08. The molecule has 1 aliphatic carbocycles. The molecule has 4 amide bonds. The molecule has 2 fully saturated rings. The number of benzene rings is 2. The predicted molar refractivity (Wildman–Crippen MR) is 196 cm³/mol. The first-order valence-electron chi connectivity index (χ1n) is 17.8. The Morgan fingerprint density at radius 2 is 1.63 bits per heavy atom. The van der Waals surface area contributed by atoms with Crippen molar-refractivity contribution >= 4 is 44.6 Å². The summed E-state index contributed by atoms with van der Waals surface area (Å²) in [5.41, 5.74) is 6.47. The van der Waals surface area contributed by atoms with E-state index in [9.17, 15) is 27.6 Å². The largest absolute Gasteiger partial charge is 0.370 e. The SMILES string of the molecule is CC(C)(C)NC(=O)[C@@H]1C[C@@H]2CCCC[C@@H]2CN1S(=O)(=O)C[C@H](CNC(=O)[C@H](CC(N)=O)NC(=O)c1ccc2ccccc2n1)Cc1ccccc1. The number of para-hydroxylation sites is 1. The van der Waals surface area contributed by atoms with Crippen LogP contribution in [0, 0.1) is 17.8 Å². The number of fused-ring (bicyclic) bond motifs is 2. The standard InChI is InChI=1S/C38H50N6O6S/c1-38(2,3)43-37(48)33-20-28-14-7-8-15-29(28)23-44(33)51(49,50)24-26(19-25-11-5-4-6-12-25)22-40-35(46)32(21-34(39)45)42-36(47)31-18-17-27-13-9-10-16-30(27)41-31/h4-6,9-13,16-18,26,28-29,32-33H,7-8,14-15,19-24H2,1-3H3,(H2,39,45)(H,40,46)(H,42,47)(H,43,48)/t26-,28-,29+,32-,33-/m0/s1. The first-order valence-corrected chi connectivity index (χ1v) is 19.4.